The van der Waals surface area contributed by atoms with Crippen LogP contribution in [-0.2, 0) is 6.42 Å². The summed E-state index contributed by atoms with van der Waals surface area (Å²) < 4.78 is 1.96. The highest BCUT2D eigenvalue weighted by atomic mass is 32.1. The van der Waals surface area contributed by atoms with Gasteiger partial charge in [-0.3, -0.25) is 0 Å². The molecule has 1 aliphatic heterocycles. The lowest BCUT2D eigenvalue weighted by Crippen LogP contribution is -2.22. The third-order valence-electron chi connectivity index (χ3n) is 5.09. The quantitative estimate of drug-likeness (QED) is 0.691. The Bertz CT molecular complexity index is 858. The van der Waals surface area contributed by atoms with Crippen molar-refractivity contribution in [1.82, 2.24) is 19.6 Å². The van der Waals surface area contributed by atoms with E-state index in [0.717, 1.165) is 29.5 Å². The average molecular weight is 313 g/mol. The molecule has 114 valence electrons. The fourth-order valence-corrected chi connectivity index (χ4v) is 5.33. The average Bonchev–Trinajstić information content (AvgIpc) is 3.24. The van der Waals surface area contributed by atoms with E-state index in [9.17, 15) is 0 Å². The molecule has 2 aliphatic rings. The van der Waals surface area contributed by atoms with Crippen molar-refractivity contribution in [2.75, 3.05) is 18.0 Å². The third-order valence-corrected chi connectivity index (χ3v) is 6.25. The van der Waals surface area contributed by atoms with Crippen LogP contribution in [0.15, 0.2) is 6.33 Å². The van der Waals surface area contributed by atoms with Gasteiger partial charge in [0.2, 0.25) is 5.95 Å². The highest BCUT2D eigenvalue weighted by molar-refractivity contribution is 7.19. The minimum atomic E-state index is 0.609. The van der Waals surface area contributed by atoms with E-state index in [-0.39, 0.29) is 0 Å². The largest absolute Gasteiger partial charge is 0.341 e. The number of rotatable bonds is 1. The summed E-state index contributed by atoms with van der Waals surface area (Å²) in [4.78, 5) is 14.6. The molecule has 1 aliphatic carbocycles. The number of hydrogen-bond acceptors (Lipinski definition) is 5. The zero-order valence-corrected chi connectivity index (χ0v) is 13.6. The van der Waals surface area contributed by atoms with E-state index in [1.165, 1.54) is 47.9 Å². The molecule has 3 aromatic rings. The van der Waals surface area contributed by atoms with Crippen LogP contribution < -0.4 is 4.90 Å². The number of aryl methyl sites for hydroxylation is 1. The zero-order chi connectivity index (χ0) is 14.7. The van der Waals surface area contributed by atoms with Crippen LogP contribution in [0.4, 0.5) is 5.95 Å². The van der Waals surface area contributed by atoms with Crippen LogP contribution in [0.25, 0.3) is 15.9 Å². The Hall–Kier alpha value is -1.69. The maximum atomic E-state index is 5.00. The van der Waals surface area contributed by atoms with Crippen LogP contribution in [0.2, 0.25) is 0 Å². The van der Waals surface area contributed by atoms with Crippen molar-refractivity contribution in [3.05, 3.63) is 16.8 Å². The Morgan fingerprint density at radius 1 is 1.23 bits per heavy atom. The molecule has 1 atom stereocenters. The first kappa shape index (κ1) is 12.8. The van der Waals surface area contributed by atoms with Gasteiger partial charge in [-0.2, -0.15) is 9.61 Å². The van der Waals surface area contributed by atoms with Crippen LogP contribution in [-0.4, -0.2) is 32.7 Å². The fourth-order valence-electron chi connectivity index (χ4n) is 4.01. The zero-order valence-electron chi connectivity index (χ0n) is 12.7. The van der Waals surface area contributed by atoms with Gasteiger partial charge in [-0.15, -0.1) is 11.3 Å². The van der Waals surface area contributed by atoms with E-state index >= 15 is 0 Å². The van der Waals surface area contributed by atoms with E-state index < -0.39 is 0 Å². The normalized spacial score (nSPS) is 21.9. The third kappa shape index (κ3) is 1.67. The van der Waals surface area contributed by atoms with E-state index in [4.69, 9.17) is 4.98 Å². The number of thiophene rings is 1. The first-order valence-corrected chi connectivity index (χ1v) is 9.04. The van der Waals surface area contributed by atoms with Crippen LogP contribution >= 0.6 is 11.3 Å². The molecule has 3 aromatic heterocycles. The van der Waals surface area contributed by atoms with E-state index in [1.54, 1.807) is 6.33 Å². The molecule has 6 heteroatoms. The van der Waals surface area contributed by atoms with Gasteiger partial charge >= 0.3 is 0 Å². The van der Waals surface area contributed by atoms with E-state index in [1.807, 2.05) is 15.9 Å². The van der Waals surface area contributed by atoms with Crippen molar-refractivity contribution in [3.8, 4) is 0 Å². The molecule has 0 aromatic carbocycles. The van der Waals surface area contributed by atoms with Crippen molar-refractivity contribution in [2.24, 2.45) is 0 Å². The van der Waals surface area contributed by atoms with Crippen LogP contribution in [0.1, 0.15) is 49.0 Å². The van der Waals surface area contributed by atoms with Gasteiger partial charge in [0.15, 0.2) is 5.65 Å². The number of fused-ring (bicyclic) bond motifs is 5. The highest BCUT2D eigenvalue weighted by Gasteiger charge is 2.27. The molecule has 22 heavy (non-hydrogen) atoms. The smallest absolute Gasteiger partial charge is 0.229 e. The topological polar surface area (TPSA) is 46.3 Å². The van der Waals surface area contributed by atoms with Crippen molar-refractivity contribution in [1.29, 1.82) is 0 Å². The lowest BCUT2D eigenvalue weighted by atomic mass is 9.87. The predicted octanol–water partition coefficient (Wildman–Crippen LogP) is 3.38. The molecule has 5 nitrogen and oxygen atoms in total. The van der Waals surface area contributed by atoms with E-state index in [2.05, 4.69) is 21.9 Å². The predicted molar refractivity (Wildman–Crippen MR) is 89.0 cm³/mol. The van der Waals surface area contributed by atoms with Crippen LogP contribution in [0, 0.1) is 0 Å². The Labute approximate surface area is 133 Å². The summed E-state index contributed by atoms with van der Waals surface area (Å²) in [7, 11) is 0. The molecule has 1 unspecified atom stereocenters. The Morgan fingerprint density at radius 2 is 2.09 bits per heavy atom. The number of anilines is 1. The summed E-state index contributed by atoms with van der Waals surface area (Å²) in [6, 6.07) is 0. The maximum Gasteiger partial charge on any atom is 0.229 e. The Kier molecular flexibility index (Phi) is 2.71. The highest BCUT2D eigenvalue weighted by Crippen LogP contribution is 2.43. The van der Waals surface area contributed by atoms with E-state index in [0.29, 0.717) is 5.92 Å². The summed E-state index contributed by atoms with van der Waals surface area (Å²) in [5.41, 5.74) is 2.49. The molecule has 1 saturated heterocycles. The molecule has 0 saturated carbocycles. The summed E-state index contributed by atoms with van der Waals surface area (Å²) in [6.45, 7) is 4.50. The molecule has 0 N–H and O–H groups in total. The van der Waals surface area contributed by atoms with Gasteiger partial charge in [0, 0.05) is 18.0 Å². The van der Waals surface area contributed by atoms with Crippen molar-refractivity contribution >= 4 is 33.1 Å². The number of aromatic nitrogens is 4. The molecule has 0 bridgehead atoms. The fraction of sp³-hybridized carbons (Fsp3) is 0.562. The van der Waals surface area contributed by atoms with Crippen molar-refractivity contribution in [3.63, 3.8) is 0 Å². The Morgan fingerprint density at radius 3 is 2.95 bits per heavy atom. The van der Waals surface area contributed by atoms with Gasteiger partial charge in [-0.1, -0.05) is 6.92 Å². The second-order valence-electron chi connectivity index (χ2n) is 6.51. The van der Waals surface area contributed by atoms with Gasteiger partial charge in [0.1, 0.15) is 11.2 Å². The van der Waals surface area contributed by atoms with Crippen LogP contribution in [0.3, 0.4) is 0 Å². The maximum absolute atomic E-state index is 5.00. The Balaban J connectivity index is 1.84. The minimum absolute atomic E-state index is 0.609. The van der Waals surface area contributed by atoms with Gasteiger partial charge < -0.3 is 4.90 Å². The van der Waals surface area contributed by atoms with Gasteiger partial charge in [0.05, 0.1) is 5.39 Å². The summed E-state index contributed by atoms with van der Waals surface area (Å²) in [6.07, 6.45) is 7.92. The molecule has 0 radical (unpaired) electrons. The van der Waals surface area contributed by atoms with Gasteiger partial charge in [0.25, 0.3) is 0 Å². The second kappa shape index (κ2) is 4.65. The summed E-state index contributed by atoms with van der Waals surface area (Å²) in [5.74, 6) is 1.58. The molecule has 0 spiro atoms. The summed E-state index contributed by atoms with van der Waals surface area (Å²) in [5, 5.41) is 5.73. The van der Waals surface area contributed by atoms with Crippen molar-refractivity contribution < 1.29 is 0 Å². The summed E-state index contributed by atoms with van der Waals surface area (Å²) >= 11 is 1.88. The lowest BCUT2D eigenvalue weighted by Gasteiger charge is -2.19. The monoisotopic (exact) mass is 313 g/mol. The molecule has 4 heterocycles. The van der Waals surface area contributed by atoms with Gasteiger partial charge in [-0.05, 0) is 43.6 Å². The molecule has 0 amide bonds. The first-order chi connectivity index (χ1) is 10.8. The van der Waals surface area contributed by atoms with Crippen molar-refractivity contribution in [2.45, 2.75) is 44.9 Å². The molecule has 5 rings (SSSR count). The van der Waals surface area contributed by atoms with Crippen LogP contribution in [0.5, 0.6) is 0 Å². The number of nitrogens with zero attached hydrogens (tertiary/aromatic N) is 5. The molecular formula is C16H19N5S. The lowest BCUT2D eigenvalue weighted by molar-refractivity contribution is 0.602. The van der Waals surface area contributed by atoms with Gasteiger partial charge in [-0.25, -0.2) is 9.97 Å². The molecule has 1 fully saturated rings. The minimum Gasteiger partial charge on any atom is -0.341 e. The standard InChI is InChI=1S/C16H19N5S/c1-10-5-4-6-11-12(10)13-14-17-9-18-21(14)16(19-15(13)22-11)20-7-2-3-8-20/h9-10H,2-8H2,1H3. The molecular weight excluding hydrogens is 294 g/mol. The SMILES string of the molecule is CC1CCCc2sc3nc(N4CCCC4)n4ncnc4c3c21. The first-order valence-electron chi connectivity index (χ1n) is 8.23. The number of hydrogen-bond donors (Lipinski definition) is 0. The second-order valence-corrected chi connectivity index (χ2v) is 7.60.